The Morgan fingerprint density at radius 3 is 2.84 bits per heavy atom. The van der Waals surface area contributed by atoms with E-state index in [1.165, 1.54) is 0 Å². The monoisotopic (exact) mass is 270 g/mol. The number of nitrogens with two attached hydrogens (primary N) is 1. The van der Waals surface area contributed by atoms with Gasteiger partial charge in [-0.2, -0.15) is 0 Å². The lowest BCUT2D eigenvalue weighted by atomic mass is 10.2. The number of nitrogens with zero attached hydrogens (tertiary/aromatic N) is 2. The third kappa shape index (κ3) is 2.30. The zero-order chi connectivity index (χ0) is 13.2. The fourth-order valence-electron chi connectivity index (χ4n) is 1.89. The Labute approximate surface area is 115 Å². The molecule has 0 unspecified atom stereocenters. The quantitative estimate of drug-likeness (QED) is 0.698. The molecule has 4 nitrogen and oxygen atoms in total. The molecule has 0 aliphatic carbocycles. The molecule has 0 saturated carbocycles. The average Bonchev–Trinajstić information content (AvgIpc) is 2.43. The van der Waals surface area contributed by atoms with Crippen molar-refractivity contribution in [2.24, 2.45) is 0 Å². The molecule has 0 spiro atoms. The summed E-state index contributed by atoms with van der Waals surface area (Å²) in [6.45, 7) is 0. The van der Waals surface area contributed by atoms with Gasteiger partial charge in [-0.1, -0.05) is 17.7 Å². The maximum Gasteiger partial charge on any atom is 0.155 e. The lowest BCUT2D eigenvalue weighted by molar-refractivity contribution is 1.31. The van der Waals surface area contributed by atoms with Crippen molar-refractivity contribution in [3.05, 3.63) is 53.8 Å². The highest BCUT2D eigenvalue weighted by molar-refractivity contribution is 6.29. The number of fused-ring (bicyclic) bond motifs is 1. The standard InChI is InChI=1S/C14H11ClN4/c15-13-7-6-10(16)14(19-13)18-12-5-1-4-11-9(12)3-2-8-17-11/h1-8H,16H2,(H,18,19). The molecule has 94 valence electrons. The fraction of sp³-hybridized carbons (Fsp3) is 0. The maximum atomic E-state index is 5.88. The van der Waals surface area contributed by atoms with Gasteiger partial charge in [-0.05, 0) is 36.4 Å². The first-order valence-electron chi connectivity index (χ1n) is 5.77. The van der Waals surface area contributed by atoms with Gasteiger partial charge in [0.15, 0.2) is 5.82 Å². The molecule has 0 bridgehead atoms. The van der Waals surface area contributed by atoms with Crippen LogP contribution in [-0.4, -0.2) is 9.97 Å². The molecule has 0 aliphatic rings. The Balaban J connectivity index is 2.08. The van der Waals surface area contributed by atoms with Crippen LogP contribution in [0.4, 0.5) is 17.2 Å². The molecule has 0 saturated heterocycles. The van der Waals surface area contributed by atoms with Crippen LogP contribution in [0.15, 0.2) is 48.7 Å². The van der Waals surface area contributed by atoms with Gasteiger partial charge in [-0.3, -0.25) is 4.98 Å². The molecule has 0 atom stereocenters. The Bertz CT molecular complexity index is 737. The molecule has 3 aromatic rings. The molecule has 1 aromatic carbocycles. The maximum absolute atomic E-state index is 5.88. The van der Waals surface area contributed by atoms with Crippen LogP contribution in [0, 0.1) is 0 Å². The minimum Gasteiger partial charge on any atom is -0.396 e. The predicted octanol–water partition coefficient (Wildman–Crippen LogP) is 3.61. The number of benzene rings is 1. The summed E-state index contributed by atoms with van der Waals surface area (Å²) in [7, 11) is 0. The summed E-state index contributed by atoms with van der Waals surface area (Å²) >= 11 is 5.88. The van der Waals surface area contributed by atoms with E-state index < -0.39 is 0 Å². The Morgan fingerprint density at radius 1 is 1.05 bits per heavy atom. The zero-order valence-corrected chi connectivity index (χ0v) is 10.7. The van der Waals surface area contributed by atoms with Crippen LogP contribution in [0.5, 0.6) is 0 Å². The smallest absolute Gasteiger partial charge is 0.155 e. The van der Waals surface area contributed by atoms with E-state index in [4.69, 9.17) is 17.3 Å². The lowest BCUT2D eigenvalue weighted by Gasteiger charge is -2.10. The molecule has 0 amide bonds. The normalized spacial score (nSPS) is 10.6. The molecule has 3 N–H and O–H groups in total. The number of anilines is 3. The van der Waals surface area contributed by atoms with Crippen molar-refractivity contribution in [1.29, 1.82) is 0 Å². The van der Waals surface area contributed by atoms with Crippen LogP contribution >= 0.6 is 11.6 Å². The Kier molecular flexibility index (Phi) is 2.93. The molecular weight excluding hydrogens is 260 g/mol. The van der Waals surface area contributed by atoms with Gasteiger partial charge in [0.1, 0.15) is 5.15 Å². The summed E-state index contributed by atoms with van der Waals surface area (Å²) in [5.41, 5.74) is 8.23. The van der Waals surface area contributed by atoms with Crippen LogP contribution in [0.25, 0.3) is 10.9 Å². The minimum atomic E-state index is 0.398. The molecule has 0 aliphatic heterocycles. The van der Waals surface area contributed by atoms with Gasteiger partial charge >= 0.3 is 0 Å². The highest BCUT2D eigenvalue weighted by atomic mass is 35.5. The van der Waals surface area contributed by atoms with E-state index in [0.717, 1.165) is 16.6 Å². The molecule has 0 fully saturated rings. The lowest BCUT2D eigenvalue weighted by Crippen LogP contribution is -1.99. The molecule has 19 heavy (non-hydrogen) atoms. The van der Waals surface area contributed by atoms with Crippen LogP contribution in [0.2, 0.25) is 5.15 Å². The third-order valence-electron chi connectivity index (χ3n) is 2.79. The van der Waals surface area contributed by atoms with Crippen molar-refractivity contribution in [3.8, 4) is 0 Å². The van der Waals surface area contributed by atoms with Gasteiger partial charge in [0.25, 0.3) is 0 Å². The number of hydrogen-bond donors (Lipinski definition) is 2. The number of hydrogen-bond acceptors (Lipinski definition) is 4. The highest BCUT2D eigenvalue weighted by Gasteiger charge is 2.05. The van der Waals surface area contributed by atoms with Gasteiger partial charge in [-0.25, -0.2) is 4.98 Å². The van der Waals surface area contributed by atoms with Crippen LogP contribution < -0.4 is 11.1 Å². The number of aromatic nitrogens is 2. The summed E-state index contributed by atoms with van der Waals surface area (Å²) in [5, 5.41) is 4.60. The topological polar surface area (TPSA) is 63.8 Å². The first kappa shape index (κ1) is 11.7. The number of pyridine rings is 2. The largest absolute Gasteiger partial charge is 0.396 e. The van der Waals surface area contributed by atoms with E-state index in [2.05, 4.69) is 15.3 Å². The average molecular weight is 271 g/mol. The van der Waals surface area contributed by atoms with Crippen molar-refractivity contribution in [2.45, 2.75) is 0 Å². The van der Waals surface area contributed by atoms with Gasteiger partial charge < -0.3 is 11.1 Å². The zero-order valence-electron chi connectivity index (χ0n) is 9.97. The predicted molar refractivity (Wildman–Crippen MR) is 78.7 cm³/mol. The Morgan fingerprint density at radius 2 is 1.95 bits per heavy atom. The molecule has 2 heterocycles. The first-order chi connectivity index (χ1) is 9.24. The number of rotatable bonds is 2. The van der Waals surface area contributed by atoms with Gasteiger partial charge in [0.2, 0.25) is 0 Å². The van der Waals surface area contributed by atoms with Gasteiger partial charge in [0, 0.05) is 17.3 Å². The number of halogens is 1. The SMILES string of the molecule is Nc1ccc(Cl)nc1Nc1cccc2ncccc12. The van der Waals surface area contributed by atoms with E-state index in [0.29, 0.717) is 16.7 Å². The summed E-state index contributed by atoms with van der Waals surface area (Å²) < 4.78 is 0. The van der Waals surface area contributed by atoms with Crippen molar-refractivity contribution < 1.29 is 0 Å². The van der Waals surface area contributed by atoms with E-state index in [1.807, 2.05) is 30.3 Å². The van der Waals surface area contributed by atoms with Crippen molar-refractivity contribution in [3.63, 3.8) is 0 Å². The van der Waals surface area contributed by atoms with E-state index >= 15 is 0 Å². The van der Waals surface area contributed by atoms with Crippen LogP contribution in [0.1, 0.15) is 0 Å². The molecule has 0 radical (unpaired) electrons. The third-order valence-corrected chi connectivity index (χ3v) is 3.00. The van der Waals surface area contributed by atoms with E-state index in [-0.39, 0.29) is 0 Å². The van der Waals surface area contributed by atoms with Crippen molar-refractivity contribution >= 4 is 39.7 Å². The molecule has 2 aromatic heterocycles. The fourth-order valence-corrected chi connectivity index (χ4v) is 2.03. The van der Waals surface area contributed by atoms with E-state index in [9.17, 15) is 0 Å². The molecule has 5 heteroatoms. The second kappa shape index (κ2) is 4.74. The second-order valence-electron chi connectivity index (χ2n) is 4.07. The van der Waals surface area contributed by atoms with Gasteiger partial charge in [-0.15, -0.1) is 0 Å². The number of nitrogen functional groups attached to an aromatic ring is 1. The van der Waals surface area contributed by atoms with Crippen molar-refractivity contribution in [2.75, 3.05) is 11.1 Å². The van der Waals surface area contributed by atoms with Crippen LogP contribution in [0.3, 0.4) is 0 Å². The highest BCUT2D eigenvalue weighted by Crippen LogP contribution is 2.27. The van der Waals surface area contributed by atoms with Crippen LogP contribution in [-0.2, 0) is 0 Å². The summed E-state index contributed by atoms with van der Waals surface area (Å²) in [4.78, 5) is 8.49. The summed E-state index contributed by atoms with van der Waals surface area (Å²) in [5.74, 6) is 0.545. The number of nitrogens with one attached hydrogen (secondary N) is 1. The summed E-state index contributed by atoms with van der Waals surface area (Å²) in [6, 6.07) is 13.1. The first-order valence-corrected chi connectivity index (χ1v) is 6.14. The molecular formula is C14H11ClN4. The second-order valence-corrected chi connectivity index (χ2v) is 4.46. The molecule has 3 rings (SSSR count). The Hall–Kier alpha value is -2.33. The van der Waals surface area contributed by atoms with E-state index in [1.54, 1.807) is 18.3 Å². The minimum absolute atomic E-state index is 0.398. The van der Waals surface area contributed by atoms with Crippen molar-refractivity contribution in [1.82, 2.24) is 9.97 Å². The summed E-state index contributed by atoms with van der Waals surface area (Å²) in [6.07, 6.45) is 1.76. The van der Waals surface area contributed by atoms with Gasteiger partial charge in [0.05, 0.1) is 11.2 Å².